The van der Waals surface area contributed by atoms with Crippen molar-refractivity contribution in [2.45, 2.75) is 5.75 Å². The number of halogens is 1. The fourth-order valence-electron chi connectivity index (χ4n) is 2.24. The number of hydrogen-bond acceptors (Lipinski definition) is 3. The van der Waals surface area contributed by atoms with E-state index in [9.17, 15) is 4.79 Å². The van der Waals surface area contributed by atoms with Gasteiger partial charge in [0, 0.05) is 22.3 Å². The van der Waals surface area contributed by atoms with Gasteiger partial charge in [-0.1, -0.05) is 64.1 Å². The summed E-state index contributed by atoms with van der Waals surface area (Å²) >= 11 is 5.03. The second-order valence-corrected chi connectivity index (χ2v) is 6.76. The summed E-state index contributed by atoms with van der Waals surface area (Å²) in [6, 6.07) is 17.7. The second kappa shape index (κ2) is 7.11. The molecule has 0 fully saturated rings. The van der Waals surface area contributed by atoms with E-state index in [2.05, 4.69) is 33.1 Å². The Morgan fingerprint density at radius 1 is 1.18 bits per heavy atom. The lowest BCUT2D eigenvalue weighted by Crippen LogP contribution is -2.32. The van der Waals surface area contributed by atoms with Crippen molar-refractivity contribution in [3.05, 3.63) is 70.2 Å². The summed E-state index contributed by atoms with van der Waals surface area (Å²) in [5.74, 6) is 0.834. The molecule has 0 aromatic heterocycles. The van der Waals surface area contributed by atoms with E-state index in [0.717, 1.165) is 15.4 Å². The van der Waals surface area contributed by atoms with Gasteiger partial charge in [0.1, 0.15) is 0 Å². The summed E-state index contributed by atoms with van der Waals surface area (Å²) in [5.41, 5.74) is 1.92. The zero-order chi connectivity index (χ0) is 15.4. The Morgan fingerprint density at radius 2 is 2.00 bits per heavy atom. The predicted octanol–water partition coefficient (Wildman–Crippen LogP) is 4.19. The molecule has 1 heterocycles. The van der Waals surface area contributed by atoms with Crippen LogP contribution >= 0.6 is 27.7 Å². The first kappa shape index (κ1) is 15.3. The molecule has 1 aliphatic heterocycles. The van der Waals surface area contributed by atoms with Crippen LogP contribution in [0.2, 0.25) is 0 Å². The van der Waals surface area contributed by atoms with Gasteiger partial charge in [-0.15, -0.1) is 0 Å². The average molecular weight is 375 g/mol. The van der Waals surface area contributed by atoms with Crippen LogP contribution in [0.3, 0.4) is 0 Å². The third-order valence-corrected chi connectivity index (χ3v) is 4.91. The standard InChI is InChI=1S/C17H15BrN2OS/c18-15-8-4-7-14(11-15)16(21)20-10-9-19-17(20)22-12-13-5-2-1-3-6-13/h1-8,11H,9-10,12H2. The molecule has 3 nitrogen and oxygen atoms in total. The number of thioether (sulfide) groups is 1. The molecule has 0 saturated heterocycles. The summed E-state index contributed by atoms with van der Waals surface area (Å²) in [4.78, 5) is 18.9. The van der Waals surface area contributed by atoms with Crippen molar-refractivity contribution in [3.8, 4) is 0 Å². The Bertz CT molecular complexity index is 703. The van der Waals surface area contributed by atoms with E-state index in [-0.39, 0.29) is 5.91 Å². The lowest BCUT2D eigenvalue weighted by molar-refractivity contribution is 0.0860. The molecule has 0 N–H and O–H groups in total. The van der Waals surface area contributed by atoms with Crippen molar-refractivity contribution in [1.29, 1.82) is 0 Å². The largest absolute Gasteiger partial charge is 0.286 e. The topological polar surface area (TPSA) is 32.7 Å². The van der Waals surface area contributed by atoms with E-state index in [1.165, 1.54) is 5.56 Å². The zero-order valence-electron chi connectivity index (χ0n) is 11.9. The Balaban J connectivity index is 1.69. The number of amidine groups is 1. The van der Waals surface area contributed by atoms with Gasteiger partial charge in [0.05, 0.1) is 6.54 Å². The Hall–Kier alpha value is -1.59. The molecule has 112 valence electrons. The van der Waals surface area contributed by atoms with Crippen molar-refractivity contribution < 1.29 is 4.79 Å². The van der Waals surface area contributed by atoms with Gasteiger partial charge in [0.2, 0.25) is 0 Å². The first-order valence-electron chi connectivity index (χ1n) is 7.02. The van der Waals surface area contributed by atoms with Crippen molar-refractivity contribution in [3.63, 3.8) is 0 Å². The summed E-state index contributed by atoms with van der Waals surface area (Å²) in [6.07, 6.45) is 0. The molecule has 1 aliphatic rings. The van der Waals surface area contributed by atoms with Gasteiger partial charge in [0.15, 0.2) is 5.17 Å². The van der Waals surface area contributed by atoms with E-state index in [4.69, 9.17) is 0 Å². The van der Waals surface area contributed by atoms with Crippen LogP contribution in [-0.2, 0) is 5.75 Å². The molecule has 0 bridgehead atoms. The Kier molecular flexibility index (Phi) is 4.95. The van der Waals surface area contributed by atoms with Crippen LogP contribution in [0, 0.1) is 0 Å². The van der Waals surface area contributed by atoms with Crippen molar-refractivity contribution in [2.24, 2.45) is 4.99 Å². The molecular weight excluding hydrogens is 360 g/mol. The Labute approximate surface area is 142 Å². The number of nitrogens with zero attached hydrogens (tertiary/aromatic N) is 2. The van der Waals surface area contributed by atoms with Crippen molar-refractivity contribution in [1.82, 2.24) is 4.90 Å². The van der Waals surface area contributed by atoms with Crippen LogP contribution in [0.25, 0.3) is 0 Å². The number of carbonyl (C=O) groups is 1. The SMILES string of the molecule is O=C(c1cccc(Br)c1)N1CCN=C1SCc1ccccc1. The minimum absolute atomic E-state index is 0.0121. The van der Waals surface area contributed by atoms with Crippen molar-refractivity contribution in [2.75, 3.05) is 13.1 Å². The van der Waals surface area contributed by atoms with Gasteiger partial charge in [-0.3, -0.25) is 14.7 Å². The number of aliphatic imine (C=N–C) groups is 1. The van der Waals surface area contributed by atoms with Gasteiger partial charge in [-0.2, -0.15) is 0 Å². The van der Waals surface area contributed by atoms with Crippen LogP contribution in [0.5, 0.6) is 0 Å². The third-order valence-electron chi connectivity index (χ3n) is 3.33. The van der Waals surface area contributed by atoms with Crippen LogP contribution in [0.1, 0.15) is 15.9 Å². The van der Waals surface area contributed by atoms with E-state index in [0.29, 0.717) is 18.7 Å². The van der Waals surface area contributed by atoms with E-state index < -0.39 is 0 Å². The maximum Gasteiger partial charge on any atom is 0.259 e. The summed E-state index contributed by atoms with van der Waals surface area (Å²) < 4.78 is 0.910. The summed E-state index contributed by atoms with van der Waals surface area (Å²) in [7, 11) is 0. The molecule has 2 aromatic carbocycles. The third kappa shape index (κ3) is 3.59. The first-order chi connectivity index (χ1) is 10.7. The highest BCUT2D eigenvalue weighted by molar-refractivity contribution is 9.10. The molecule has 0 saturated carbocycles. The van der Waals surface area contributed by atoms with Gasteiger partial charge in [0.25, 0.3) is 5.91 Å². The van der Waals surface area contributed by atoms with Crippen molar-refractivity contribution >= 4 is 38.8 Å². The molecule has 0 unspecified atom stereocenters. The fourth-order valence-corrected chi connectivity index (χ4v) is 3.64. The van der Waals surface area contributed by atoms with Crippen LogP contribution in [0.15, 0.2) is 64.1 Å². The highest BCUT2D eigenvalue weighted by atomic mass is 79.9. The van der Waals surface area contributed by atoms with E-state index in [1.54, 1.807) is 16.7 Å². The van der Waals surface area contributed by atoms with Gasteiger partial charge in [-0.05, 0) is 23.8 Å². The molecule has 1 amide bonds. The van der Waals surface area contributed by atoms with Gasteiger partial charge in [-0.25, -0.2) is 0 Å². The summed E-state index contributed by atoms with van der Waals surface area (Å²) in [5, 5.41) is 0.814. The Morgan fingerprint density at radius 3 is 2.77 bits per heavy atom. The first-order valence-corrected chi connectivity index (χ1v) is 8.80. The highest BCUT2D eigenvalue weighted by Gasteiger charge is 2.25. The molecule has 0 aliphatic carbocycles. The molecule has 2 aromatic rings. The number of carbonyl (C=O) groups excluding carboxylic acids is 1. The second-order valence-electron chi connectivity index (χ2n) is 4.91. The predicted molar refractivity (Wildman–Crippen MR) is 95.2 cm³/mol. The molecule has 22 heavy (non-hydrogen) atoms. The summed E-state index contributed by atoms with van der Waals surface area (Å²) in [6.45, 7) is 1.33. The molecule has 3 rings (SSSR count). The minimum Gasteiger partial charge on any atom is -0.286 e. The highest BCUT2D eigenvalue weighted by Crippen LogP contribution is 2.22. The van der Waals surface area contributed by atoms with Crippen LogP contribution in [-0.4, -0.2) is 29.1 Å². The monoisotopic (exact) mass is 374 g/mol. The normalized spacial score (nSPS) is 14.0. The van der Waals surface area contributed by atoms with E-state index >= 15 is 0 Å². The molecule has 0 atom stereocenters. The molecular formula is C17H15BrN2OS. The maximum absolute atomic E-state index is 12.6. The number of rotatable bonds is 3. The van der Waals surface area contributed by atoms with Crippen LogP contribution in [0.4, 0.5) is 0 Å². The quantitative estimate of drug-likeness (QED) is 0.806. The smallest absolute Gasteiger partial charge is 0.259 e. The maximum atomic E-state index is 12.6. The molecule has 5 heteroatoms. The number of benzene rings is 2. The number of amides is 1. The fraction of sp³-hybridized carbons (Fsp3) is 0.176. The molecule has 0 radical (unpaired) electrons. The van der Waals surface area contributed by atoms with Gasteiger partial charge >= 0.3 is 0 Å². The number of hydrogen-bond donors (Lipinski definition) is 0. The minimum atomic E-state index is 0.0121. The lowest BCUT2D eigenvalue weighted by Gasteiger charge is -2.18. The van der Waals surface area contributed by atoms with Gasteiger partial charge < -0.3 is 0 Å². The van der Waals surface area contributed by atoms with E-state index in [1.807, 2.05) is 42.5 Å². The molecule has 0 spiro atoms. The zero-order valence-corrected chi connectivity index (χ0v) is 14.3. The average Bonchev–Trinajstić information content (AvgIpc) is 3.01. The lowest BCUT2D eigenvalue weighted by atomic mass is 10.2. The van der Waals surface area contributed by atoms with Crippen LogP contribution < -0.4 is 0 Å².